The lowest BCUT2D eigenvalue weighted by Crippen LogP contribution is -2.47. The van der Waals surface area contributed by atoms with Gasteiger partial charge in [-0.1, -0.05) is 12.1 Å². The van der Waals surface area contributed by atoms with E-state index in [1.807, 2.05) is 18.4 Å². The highest BCUT2D eigenvalue weighted by molar-refractivity contribution is 7.98. The highest BCUT2D eigenvalue weighted by Crippen LogP contribution is 2.16. The number of benzene rings is 1. The van der Waals surface area contributed by atoms with Gasteiger partial charge in [0.15, 0.2) is 12.4 Å². The number of ether oxygens (including phenoxy) is 2. The minimum absolute atomic E-state index is 0.0331. The number of ketones is 1. The highest BCUT2D eigenvalue weighted by atomic mass is 32.2. The molecule has 1 aromatic rings. The Morgan fingerprint density at radius 1 is 1.07 bits per heavy atom. The second-order valence-electron chi connectivity index (χ2n) is 6.84. The van der Waals surface area contributed by atoms with Crippen molar-refractivity contribution in [2.75, 3.05) is 32.6 Å². The zero-order valence-electron chi connectivity index (χ0n) is 17.3. The van der Waals surface area contributed by atoms with Gasteiger partial charge in [0.25, 0.3) is 5.91 Å². The van der Waals surface area contributed by atoms with Crippen molar-refractivity contribution in [2.24, 2.45) is 0 Å². The van der Waals surface area contributed by atoms with Crippen LogP contribution in [0.1, 0.15) is 43.0 Å². The number of piperidine rings is 1. The number of rotatable bonds is 9. The Labute approximate surface area is 180 Å². The SMILES string of the molecule is CCOC(=O)N1CCC(NC(=O)COC(=O)CCC(=O)c2ccc(SC)cc2)CC1. The van der Waals surface area contributed by atoms with E-state index in [9.17, 15) is 19.2 Å². The van der Waals surface area contributed by atoms with Crippen LogP contribution < -0.4 is 5.32 Å². The van der Waals surface area contributed by atoms with Crippen LogP contribution >= 0.6 is 11.8 Å². The van der Waals surface area contributed by atoms with Crippen molar-refractivity contribution < 1.29 is 28.7 Å². The molecule has 0 unspecified atom stereocenters. The van der Waals surface area contributed by atoms with Gasteiger partial charge < -0.3 is 19.7 Å². The smallest absolute Gasteiger partial charge is 0.409 e. The maximum absolute atomic E-state index is 12.1. The predicted molar refractivity (Wildman–Crippen MR) is 113 cm³/mol. The van der Waals surface area contributed by atoms with Crippen molar-refractivity contribution >= 4 is 35.5 Å². The van der Waals surface area contributed by atoms with Gasteiger partial charge >= 0.3 is 12.1 Å². The number of hydrogen-bond acceptors (Lipinski definition) is 7. The second-order valence-corrected chi connectivity index (χ2v) is 7.72. The van der Waals surface area contributed by atoms with Gasteiger partial charge in [-0.25, -0.2) is 4.79 Å². The van der Waals surface area contributed by atoms with Gasteiger partial charge in [0.05, 0.1) is 13.0 Å². The lowest BCUT2D eigenvalue weighted by atomic mass is 10.1. The quantitative estimate of drug-likeness (QED) is 0.361. The molecule has 2 amide bonds. The third-order valence-electron chi connectivity index (χ3n) is 4.72. The first-order chi connectivity index (χ1) is 14.4. The summed E-state index contributed by atoms with van der Waals surface area (Å²) in [6.07, 6.45) is 2.80. The molecule has 2 rings (SSSR count). The topological polar surface area (TPSA) is 102 Å². The summed E-state index contributed by atoms with van der Waals surface area (Å²) in [6.45, 7) is 2.71. The molecule has 1 aliphatic heterocycles. The summed E-state index contributed by atoms with van der Waals surface area (Å²) >= 11 is 1.59. The fourth-order valence-corrected chi connectivity index (χ4v) is 3.45. The molecule has 1 saturated heterocycles. The Morgan fingerprint density at radius 3 is 2.33 bits per heavy atom. The number of carbonyl (C=O) groups excluding carboxylic acids is 4. The van der Waals surface area contributed by atoms with Crippen LogP contribution in [0.25, 0.3) is 0 Å². The summed E-state index contributed by atoms with van der Waals surface area (Å²) in [4.78, 5) is 50.3. The molecule has 9 heteroatoms. The van der Waals surface area contributed by atoms with E-state index >= 15 is 0 Å². The number of amides is 2. The minimum atomic E-state index is -0.587. The number of nitrogens with one attached hydrogen (secondary N) is 1. The van der Waals surface area contributed by atoms with Crippen LogP contribution in [0.2, 0.25) is 0 Å². The van der Waals surface area contributed by atoms with Crippen molar-refractivity contribution in [1.29, 1.82) is 0 Å². The molecular weight excluding hydrogens is 408 g/mol. The first kappa shape index (κ1) is 23.7. The molecule has 0 radical (unpaired) electrons. The number of hydrogen-bond donors (Lipinski definition) is 1. The molecule has 1 fully saturated rings. The normalized spacial score (nSPS) is 14.1. The molecule has 0 saturated carbocycles. The van der Waals surface area contributed by atoms with Crippen molar-refractivity contribution in [3.8, 4) is 0 Å². The molecule has 8 nitrogen and oxygen atoms in total. The van der Waals surface area contributed by atoms with E-state index in [2.05, 4.69) is 5.32 Å². The zero-order chi connectivity index (χ0) is 21.9. The second kappa shape index (κ2) is 12.2. The van der Waals surface area contributed by atoms with Gasteiger partial charge in [-0.3, -0.25) is 14.4 Å². The molecule has 1 aromatic carbocycles. The Balaban J connectivity index is 1.63. The summed E-state index contributed by atoms with van der Waals surface area (Å²) < 4.78 is 9.93. The lowest BCUT2D eigenvalue weighted by molar-refractivity contribution is -0.148. The zero-order valence-corrected chi connectivity index (χ0v) is 18.2. The largest absolute Gasteiger partial charge is 0.456 e. The van der Waals surface area contributed by atoms with Crippen LogP contribution in [0.15, 0.2) is 29.2 Å². The number of nitrogens with zero attached hydrogens (tertiary/aromatic N) is 1. The highest BCUT2D eigenvalue weighted by Gasteiger charge is 2.24. The van der Waals surface area contributed by atoms with Crippen LogP contribution in [0.3, 0.4) is 0 Å². The molecule has 0 spiro atoms. The van der Waals surface area contributed by atoms with E-state index in [0.29, 0.717) is 38.1 Å². The lowest BCUT2D eigenvalue weighted by Gasteiger charge is -2.31. The molecule has 1 N–H and O–H groups in total. The molecule has 0 atom stereocenters. The van der Waals surface area contributed by atoms with Crippen molar-refractivity contribution in [3.63, 3.8) is 0 Å². The van der Waals surface area contributed by atoms with E-state index < -0.39 is 11.9 Å². The van der Waals surface area contributed by atoms with Gasteiger partial charge in [-0.15, -0.1) is 11.8 Å². The molecule has 30 heavy (non-hydrogen) atoms. The van der Waals surface area contributed by atoms with Crippen molar-refractivity contribution in [2.45, 2.75) is 43.5 Å². The molecule has 0 aromatic heterocycles. The Hall–Kier alpha value is -2.55. The summed E-state index contributed by atoms with van der Waals surface area (Å²) in [6, 6.07) is 7.11. The summed E-state index contributed by atoms with van der Waals surface area (Å²) in [5, 5.41) is 2.80. The number of thioether (sulfide) groups is 1. The van der Waals surface area contributed by atoms with Crippen LogP contribution in [0, 0.1) is 0 Å². The summed E-state index contributed by atoms with van der Waals surface area (Å²) in [5.41, 5.74) is 0.549. The molecule has 0 bridgehead atoms. The van der Waals surface area contributed by atoms with Gasteiger partial charge in [0.1, 0.15) is 0 Å². The van der Waals surface area contributed by atoms with Crippen molar-refractivity contribution in [1.82, 2.24) is 10.2 Å². The van der Waals surface area contributed by atoms with E-state index in [1.54, 1.807) is 35.7 Å². The molecular formula is C21H28N2O6S. The summed E-state index contributed by atoms with van der Waals surface area (Å²) in [5.74, 6) is -1.12. The fraction of sp³-hybridized carbons (Fsp3) is 0.524. The minimum Gasteiger partial charge on any atom is -0.456 e. The molecule has 1 heterocycles. The average Bonchev–Trinajstić information content (AvgIpc) is 2.76. The van der Waals surface area contributed by atoms with E-state index in [-0.39, 0.29) is 37.4 Å². The Bertz CT molecular complexity index is 744. The van der Waals surface area contributed by atoms with Crippen LogP contribution in [0.4, 0.5) is 4.79 Å². The Morgan fingerprint density at radius 2 is 1.73 bits per heavy atom. The average molecular weight is 437 g/mol. The third-order valence-corrected chi connectivity index (χ3v) is 5.46. The standard InChI is InChI=1S/C21H28N2O6S/c1-3-28-21(27)23-12-10-16(11-13-23)22-19(25)14-29-20(26)9-8-18(24)15-4-6-17(30-2)7-5-15/h4-7,16H,3,8-14H2,1-2H3,(H,22,25). The van der Waals surface area contributed by atoms with Gasteiger partial charge in [-0.05, 0) is 38.2 Å². The maximum Gasteiger partial charge on any atom is 0.409 e. The first-order valence-corrected chi connectivity index (χ1v) is 11.2. The third kappa shape index (κ3) is 7.70. The number of likely N-dealkylation sites (tertiary alicyclic amines) is 1. The van der Waals surface area contributed by atoms with Gasteiger partial charge in [0.2, 0.25) is 0 Å². The Kier molecular flexibility index (Phi) is 9.66. The maximum atomic E-state index is 12.1. The van der Waals surface area contributed by atoms with Gasteiger partial charge in [0, 0.05) is 36.0 Å². The van der Waals surface area contributed by atoms with E-state index in [0.717, 1.165) is 4.90 Å². The van der Waals surface area contributed by atoms with Gasteiger partial charge in [-0.2, -0.15) is 0 Å². The number of Topliss-reactive ketones (excluding diaryl/α,β-unsaturated/α-hetero) is 1. The first-order valence-electron chi connectivity index (χ1n) is 9.96. The summed E-state index contributed by atoms with van der Waals surface area (Å²) in [7, 11) is 0. The molecule has 1 aliphatic rings. The fourth-order valence-electron chi connectivity index (χ4n) is 3.05. The van der Waals surface area contributed by atoms with Crippen LogP contribution in [0.5, 0.6) is 0 Å². The molecule has 164 valence electrons. The van der Waals surface area contributed by atoms with E-state index in [4.69, 9.17) is 9.47 Å². The predicted octanol–water partition coefficient (Wildman–Crippen LogP) is 2.65. The number of carbonyl (C=O) groups is 4. The number of esters is 1. The van der Waals surface area contributed by atoms with E-state index in [1.165, 1.54) is 0 Å². The van der Waals surface area contributed by atoms with Crippen molar-refractivity contribution in [3.05, 3.63) is 29.8 Å². The van der Waals surface area contributed by atoms with Crippen LogP contribution in [-0.4, -0.2) is 67.3 Å². The molecule has 0 aliphatic carbocycles. The van der Waals surface area contributed by atoms with Crippen LogP contribution in [-0.2, 0) is 19.1 Å². The monoisotopic (exact) mass is 436 g/mol.